The zero-order valence-electron chi connectivity index (χ0n) is 14.9. The third kappa shape index (κ3) is 4.13. The largest absolute Gasteiger partial charge is 0.497 e. The minimum absolute atomic E-state index is 0.140. The molecule has 1 amide bonds. The van der Waals surface area contributed by atoms with Crippen molar-refractivity contribution in [3.8, 4) is 11.5 Å². The molecule has 4 heteroatoms. The highest BCUT2D eigenvalue weighted by molar-refractivity contribution is 6.05. The molecule has 1 fully saturated rings. The van der Waals surface area contributed by atoms with E-state index in [1.54, 1.807) is 32.4 Å². The van der Waals surface area contributed by atoms with Gasteiger partial charge in [-0.25, -0.2) is 0 Å². The maximum Gasteiger partial charge on any atom is 0.255 e. The minimum atomic E-state index is -0.140. The first kappa shape index (κ1) is 17.3. The van der Waals surface area contributed by atoms with Gasteiger partial charge >= 0.3 is 0 Å². The van der Waals surface area contributed by atoms with Crippen LogP contribution in [0.2, 0.25) is 0 Å². The van der Waals surface area contributed by atoms with Crippen LogP contribution in [0.3, 0.4) is 0 Å². The molecule has 2 aromatic carbocycles. The summed E-state index contributed by atoms with van der Waals surface area (Å²) >= 11 is 0. The maximum absolute atomic E-state index is 12.5. The molecule has 1 aliphatic carbocycles. The average molecular weight is 339 g/mol. The van der Waals surface area contributed by atoms with Gasteiger partial charge in [-0.05, 0) is 48.6 Å². The quantitative estimate of drug-likeness (QED) is 0.833. The number of carbonyl (C=O) groups is 1. The van der Waals surface area contributed by atoms with Gasteiger partial charge in [0.25, 0.3) is 5.91 Å². The lowest BCUT2D eigenvalue weighted by atomic mass is 9.84. The first-order chi connectivity index (χ1) is 12.2. The number of amides is 1. The molecular formula is C21H25NO3. The number of hydrogen-bond acceptors (Lipinski definition) is 3. The second-order valence-corrected chi connectivity index (χ2v) is 6.48. The first-order valence-electron chi connectivity index (χ1n) is 8.84. The average Bonchev–Trinajstić information content (AvgIpc) is 2.69. The number of benzene rings is 2. The molecule has 0 bridgehead atoms. The van der Waals surface area contributed by atoms with Crippen LogP contribution in [0.5, 0.6) is 11.5 Å². The molecule has 25 heavy (non-hydrogen) atoms. The summed E-state index contributed by atoms with van der Waals surface area (Å²) in [7, 11) is 3.17. The predicted octanol–water partition coefficient (Wildman–Crippen LogP) is 5.00. The molecule has 0 aliphatic heterocycles. The van der Waals surface area contributed by atoms with Gasteiger partial charge in [-0.1, -0.05) is 31.4 Å². The van der Waals surface area contributed by atoms with Gasteiger partial charge in [0.1, 0.15) is 11.5 Å². The van der Waals surface area contributed by atoms with Gasteiger partial charge in [0.2, 0.25) is 0 Å². The van der Waals surface area contributed by atoms with Crippen molar-refractivity contribution in [2.75, 3.05) is 19.5 Å². The van der Waals surface area contributed by atoms with E-state index < -0.39 is 0 Å². The van der Waals surface area contributed by atoms with Crippen LogP contribution in [0, 0.1) is 0 Å². The van der Waals surface area contributed by atoms with Crippen molar-refractivity contribution >= 4 is 11.6 Å². The fourth-order valence-electron chi connectivity index (χ4n) is 3.44. The Balaban J connectivity index is 1.71. The lowest BCUT2D eigenvalue weighted by Crippen LogP contribution is -2.13. The standard InChI is InChI=1S/C21H25NO3/c1-24-18-12-13-19(20(14-18)25-2)22-21(23)17-10-8-16(9-11-17)15-6-4-3-5-7-15/h8-15H,3-7H2,1-2H3,(H,22,23). The van der Waals surface area contributed by atoms with E-state index in [0.29, 0.717) is 28.7 Å². The summed E-state index contributed by atoms with van der Waals surface area (Å²) < 4.78 is 10.5. The van der Waals surface area contributed by atoms with Crippen molar-refractivity contribution in [2.24, 2.45) is 0 Å². The van der Waals surface area contributed by atoms with E-state index in [0.717, 1.165) is 0 Å². The highest BCUT2D eigenvalue weighted by Gasteiger charge is 2.16. The Labute approximate surface area is 149 Å². The lowest BCUT2D eigenvalue weighted by molar-refractivity contribution is 0.102. The van der Waals surface area contributed by atoms with E-state index in [9.17, 15) is 4.79 Å². The van der Waals surface area contributed by atoms with Crippen LogP contribution in [0.1, 0.15) is 53.9 Å². The summed E-state index contributed by atoms with van der Waals surface area (Å²) in [5.41, 5.74) is 2.63. The predicted molar refractivity (Wildman–Crippen MR) is 99.8 cm³/mol. The fourth-order valence-corrected chi connectivity index (χ4v) is 3.44. The third-order valence-corrected chi connectivity index (χ3v) is 4.91. The Bertz CT molecular complexity index is 718. The van der Waals surface area contributed by atoms with E-state index in [4.69, 9.17) is 9.47 Å². The summed E-state index contributed by atoms with van der Waals surface area (Å²) in [5.74, 6) is 1.77. The highest BCUT2D eigenvalue weighted by Crippen LogP contribution is 2.33. The molecule has 0 radical (unpaired) electrons. The number of hydrogen-bond donors (Lipinski definition) is 1. The summed E-state index contributed by atoms with van der Waals surface area (Å²) in [5, 5.41) is 2.91. The van der Waals surface area contributed by atoms with E-state index in [-0.39, 0.29) is 5.91 Å². The van der Waals surface area contributed by atoms with Gasteiger partial charge in [-0.3, -0.25) is 4.79 Å². The van der Waals surface area contributed by atoms with Gasteiger partial charge in [0.05, 0.1) is 19.9 Å². The number of anilines is 1. The van der Waals surface area contributed by atoms with Crippen molar-refractivity contribution in [3.05, 3.63) is 53.6 Å². The van der Waals surface area contributed by atoms with Crippen LogP contribution >= 0.6 is 0 Å². The second kappa shape index (κ2) is 8.06. The van der Waals surface area contributed by atoms with Gasteiger partial charge in [-0.15, -0.1) is 0 Å². The summed E-state index contributed by atoms with van der Waals surface area (Å²) in [6, 6.07) is 13.3. The molecule has 3 rings (SSSR count). The molecule has 0 unspecified atom stereocenters. The lowest BCUT2D eigenvalue weighted by Gasteiger charge is -2.22. The van der Waals surface area contributed by atoms with E-state index >= 15 is 0 Å². The second-order valence-electron chi connectivity index (χ2n) is 6.48. The maximum atomic E-state index is 12.5. The van der Waals surface area contributed by atoms with E-state index in [1.165, 1.54) is 37.7 Å². The summed E-state index contributed by atoms with van der Waals surface area (Å²) in [4.78, 5) is 12.5. The summed E-state index contributed by atoms with van der Waals surface area (Å²) in [6.07, 6.45) is 6.48. The molecule has 0 atom stereocenters. The van der Waals surface area contributed by atoms with Crippen LogP contribution in [-0.2, 0) is 0 Å². The molecule has 0 spiro atoms. The molecule has 2 aromatic rings. The molecule has 1 N–H and O–H groups in total. The van der Waals surface area contributed by atoms with Gasteiger partial charge < -0.3 is 14.8 Å². The van der Waals surface area contributed by atoms with Crippen molar-refractivity contribution in [1.29, 1.82) is 0 Å². The molecule has 1 aliphatic rings. The topological polar surface area (TPSA) is 47.6 Å². The number of methoxy groups -OCH3 is 2. The van der Waals surface area contributed by atoms with E-state index in [1.807, 2.05) is 12.1 Å². The van der Waals surface area contributed by atoms with Crippen molar-refractivity contribution in [2.45, 2.75) is 38.0 Å². The zero-order valence-corrected chi connectivity index (χ0v) is 14.9. The van der Waals surface area contributed by atoms with Gasteiger partial charge in [0.15, 0.2) is 0 Å². The smallest absolute Gasteiger partial charge is 0.255 e. The molecule has 0 aromatic heterocycles. The Kier molecular flexibility index (Phi) is 5.59. The molecule has 0 saturated heterocycles. The van der Waals surface area contributed by atoms with Gasteiger partial charge in [-0.2, -0.15) is 0 Å². The number of carbonyl (C=O) groups excluding carboxylic acids is 1. The minimum Gasteiger partial charge on any atom is -0.497 e. The van der Waals surface area contributed by atoms with E-state index in [2.05, 4.69) is 17.4 Å². The molecule has 132 valence electrons. The Morgan fingerprint density at radius 3 is 2.32 bits per heavy atom. The highest BCUT2D eigenvalue weighted by atomic mass is 16.5. The number of ether oxygens (including phenoxy) is 2. The van der Waals surface area contributed by atoms with Crippen LogP contribution in [0.25, 0.3) is 0 Å². The Morgan fingerprint density at radius 1 is 0.960 bits per heavy atom. The van der Waals surface area contributed by atoms with Crippen LogP contribution in [-0.4, -0.2) is 20.1 Å². The third-order valence-electron chi connectivity index (χ3n) is 4.91. The number of nitrogens with one attached hydrogen (secondary N) is 1. The molecular weight excluding hydrogens is 314 g/mol. The van der Waals surface area contributed by atoms with Crippen LogP contribution < -0.4 is 14.8 Å². The normalized spacial score (nSPS) is 14.8. The van der Waals surface area contributed by atoms with Crippen molar-refractivity contribution < 1.29 is 14.3 Å². The van der Waals surface area contributed by atoms with Gasteiger partial charge in [0, 0.05) is 11.6 Å². The monoisotopic (exact) mass is 339 g/mol. The van der Waals surface area contributed by atoms with Crippen molar-refractivity contribution in [1.82, 2.24) is 0 Å². The first-order valence-corrected chi connectivity index (χ1v) is 8.84. The molecule has 4 nitrogen and oxygen atoms in total. The molecule has 1 saturated carbocycles. The van der Waals surface area contributed by atoms with Crippen LogP contribution in [0.15, 0.2) is 42.5 Å². The van der Waals surface area contributed by atoms with Crippen molar-refractivity contribution in [3.63, 3.8) is 0 Å². The fraction of sp³-hybridized carbons (Fsp3) is 0.381. The molecule has 0 heterocycles. The summed E-state index contributed by atoms with van der Waals surface area (Å²) in [6.45, 7) is 0. The number of rotatable bonds is 5. The van der Waals surface area contributed by atoms with Crippen LogP contribution in [0.4, 0.5) is 5.69 Å². The Morgan fingerprint density at radius 2 is 1.68 bits per heavy atom. The SMILES string of the molecule is COc1ccc(NC(=O)c2ccc(C3CCCCC3)cc2)c(OC)c1. The Hall–Kier alpha value is -2.49. The zero-order chi connectivity index (χ0) is 17.6.